The third-order valence-corrected chi connectivity index (χ3v) is 5.35. The fraction of sp³-hybridized carbons (Fsp3) is 0.263. The Bertz CT molecular complexity index is 724. The molecule has 0 aliphatic carbocycles. The van der Waals surface area contributed by atoms with E-state index in [1.54, 1.807) is 0 Å². The standard InChI is InChI=1S/C19H21NS/c1-3-17-11-12-19(21-17)14(2)20-13-16-9-6-8-15-7-4-5-10-18(15)16/h4-12,14,20H,3,13H2,1-2H3. The lowest BCUT2D eigenvalue weighted by molar-refractivity contribution is 0.585. The fourth-order valence-electron chi connectivity index (χ4n) is 2.63. The average Bonchev–Trinajstić information content (AvgIpc) is 3.01. The second-order valence-corrected chi connectivity index (χ2v) is 6.60. The van der Waals surface area contributed by atoms with Crippen LogP contribution in [0.5, 0.6) is 0 Å². The van der Waals surface area contributed by atoms with Crippen molar-refractivity contribution in [3.8, 4) is 0 Å². The number of aryl methyl sites for hydroxylation is 1. The quantitative estimate of drug-likeness (QED) is 0.672. The van der Waals surface area contributed by atoms with Crippen LogP contribution in [0.4, 0.5) is 0 Å². The third kappa shape index (κ3) is 3.17. The van der Waals surface area contributed by atoms with E-state index < -0.39 is 0 Å². The molecule has 0 aliphatic heterocycles. The van der Waals surface area contributed by atoms with Crippen LogP contribution >= 0.6 is 11.3 Å². The Hall–Kier alpha value is -1.64. The van der Waals surface area contributed by atoms with Crippen molar-refractivity contribution in [3.63, 3.8) is 0 Å². The Balaban J connectivity index is 1.74. The minimum atomic E-state index is 0.397. The SMILES string of the molecule is CCc1ccc(C(C)NCc2cccc3ccccc23)s1. The van der Waals surface area contributed by atoms with Gasteiger partial charge in [0.2, 0.25) is 0 Å². The van der Waals surface area contributed by atoms with Gasteiger partial charge in [-0.3, -0.25) is 0 Å². The minimum absolute atomic E-state index is 0.397. The van der Waals surface area contributed by atoms with Crippen LogP contribution in [0.3, 0.4) is 0 Å². The Kier molecular flexibility index (Phi) is 4.37. The van der Waals surface area contributed by atoms with E-state index in [0.717, 1.165) is 13.0 Å². The molecular weight excluding hydrogens is 274 g/mol. The van der Waals surface area contributed by atoms with E-state index in [4.69, 9.17) is 0 Å². The van der Waals surface area contributed by atoms with Gasteiger partial charge in [-0.2, -0.15) is 0 Å². The summed E-state index contributed by atoms with van der Waals surface area (Å²) in [6, 6.07) is 20.0. The molecule has 1 atom stereocenters. The lowest BCUT2D eigenvalue weighted by atomic mass is 10.0. The smallest absolute Gasteiger partial charge is 0.0388 e. The summed E-state index contributed by atoms with van der Waals surface area (Å²) in [5, 5.41) is 6.32. The van der Waals surface area contributed by atoms with Gasteiger partial charge in [0.15, 0.2) is 0 Å². The van der Waals surface area contributed by atoms with Gasteiger partial charge in [0, 0.05) is 22.3 Å². The van der Waals surface area contributed by atoms with E-state index in [0.29, 0.717) is 6.04 Å². The molecule has 3 rings (SSSR count). The van der Waals surface area contributed by atoms with Crippen molar-refractivity contribution in [2.45, 2.75) is 32.9 Å². The van der Waals surface area contributed by atoms with Crippen LogP contribution in [0.15, 0.2) is 54.6 Å². The van der Waals surface area contributed by atoms with Gasteiger partial charge in [-0.15, -0.1) is 11.3 Å². The molecule has 1 unspecified atom stereocenters. The lowest BCUT2D eigenvalue weighted by Crippen LogP contribution is -2.17. The van der Waals surface area contributed by atoms with Crippen molar-refractivity contribution in [2.24, 2.45) is 0 Å². The summed E-state index contributed by atoms with van der Waals surface area (Å²) in [6.07, 6.45) is 1.13. The molecule has 1 aromatic heterocycles. The van der Waals surface area contributed by atoms with Crippen molar-refractivity contribution in [1.29, 1.82) is 0 Å². The van der Waals surface area contributed by atoms with E-state index in [1.165, 1.54) is 26.1 Å². The maximum atomic E-state index is 3.66. The van der Waals surface area contributed by atoms with Crippen molar-refractivity contribution in [1.82, 2.24) is 5.32 Å². The summed E-state index contributed by atoms with van der Waals surface area (Å²) >= 11 is 1.92. The third-order valence-electron chi connectivity index (χ3n) is 3.94. The molecular formula is C19H21NS. The normalized spacial score (nSPS) is 12.7. The topological polar surface area (TPSA) is 12.0 Å². The number of benzene rings is 2. The maximum absolute atomic E-state index is 3.66. The Morgan fingerprint density at radius 1 is 1.00 bits per heavy atom. The van der Waals surface area contributed by atoms with Gasteiger partial charge in [0.25, 0.3) is 0 Å². The Morgan fingerprint density at radius 3 is 2.62 bits per heavy atom. The minimum Gasteiger partial charge on any atom is -0.305 e. The summed E-state index contributed by atoms with van der Waals surface area (Å²) in [5.41, 5.74) is 1.37. The largest absolute Gasteiger partial charge is 0.305 e. The van der Waals surface area contributed by atoms with Gasteiger partial charge in [-0.05, 0) is 41.8 Å². The number of thiophene rings is 1. The highest BCUT2D eigenvalue weighted by molar-refractivity contribution is 7.12. The molecule has 0 fully saturated rings. The Morgan fingerprint density at radius 2 is 1.81 bits per heavy atom. The predicted octanol–water partition coefficient (Wildman–Crippen LogP) is 5.31. The van der Waals surface area contributed by atoms with Crippen molar-refractivity contribution >= 4 is 22.1 Å². The van der Waals surface area contributed by atoms with E-state index in [2.05, 4.69) is 73.8 Å². The first-order valence-electron chi connectivity index (χ1n) is 7.56. The summed E-state index contributed by atoms with van der Waals surface area (Å²) in [6.45, 7) is 5.36. The molecule has 21 heavy (non-hydrogen) atoms. The number of fused-ring (bicyclic) bond motifs is 1. The molecule has 2 aromatic carbocycles. The summed E-state index contributed by atoms with van der Waals surface area (Å²) in [7, 11) is 0. The van der Waals surface area contributed by atoms with Gasteiger partial charge in [0.05, 0.1) is 0 Å². The molecule has 3 aromatic rings. The second kappa shape index (κ2) is 6.42. The molecule has 0 radical (unpaired) electrons. The fourth-order valence-corrected chi connectivity index (χ4v) is 3.61. The van der Waals surface area contributed by atoms with Gasteiger partial charge in [-0.25, -0.2) is 0 Å². The van der Waals surface area contributed by atoms with Crippen LogP contribution in [-0.4, -0.2) is 0 Å². The van der Waals surface area contributed by atoms with E-state index >= 15 is 0 Å². The number of nitrogens with one attached hydrogen (secondary N) is 1. The first kappa shape index (κ1) is 14.3. The van der Waals surface area contributed by atoms with Crippen molar-refractivity contribution in [3.05, 3.63) is 69.9 Å². The van der Waals surface area contributed by atoms with Crippen LogP contribution in [0.1, 0.15) is 35.2 Å². The molecule has 0 saturated heterocycles. The van der Waals surface area contributed by atoms with Crippen LogP contribution in [0, 0.1) is 0 Å². The van der Waals surface area contributed by atoms with Crippen molar-refractivity contribution in [2.75, 3.05) is 0 Å². The molecule has 108 valence electrons. The molecule has 0 bridgehead atoms. The molecule has 0 spiro atoms. The van der Waals surface area contributed by atoms with E-state index in [1.807, 2.05) is 11.3 Å². The second-order valence-electron chi connectivity index (χ2n) is 5.40. The van der Waals surface area contributed by atoms with Crippen LogP contribution in [0.25, 0.3) is 10.8 Å². The predicted molar refractivity (Wildman–Crippen MR) is 92.9 cm³/mol. The number of rotatable bonds is 5. The van der Waals surface area contributed by atoms with Crippen LogP contribution in [-0.2, 0) is 13.0 Å². The maximum Gasteiger partial charge on any atom is 0.0388 e. The molecule has 2 heteroatoms. The lowest BCUT2D eigenvalue weighted by Gasteiger charge is -2.13. The highest BCUT2D eigenvalue weighted by Gasteiger charge is 2.08. The average molecular weight is 295 g/mol. The van der Waals surface area contributed by atoms with Gasteiger partial charge in [0.1, 0.15) is 0 Å². The van der Waals surface area contributed by atoms with Gasteiger partial charge < -0.3 is 5.32 Å². The van der Waals surface area contributed by atoms with Crippen molar-refractivity contribution < 1.29 is 0 Å². The molecule has 0 aliphatic rings. The molecule has 1 nitrogen and oxygen atoms in total. The zero-order chi connectivity index (χ0) is 14.7. The van der Waals surface area contributed by atoms with E-state index in [9.17, 15) is 0 Å². The molecule has 0 saturated carbocycles. The Labute approximate surface area is 130 Å². The zero-order valence-corrected chi connectivity index (χ0v) is 13.4. The number of hydrogen-bond donors (Lipinski definition) is 1. The molecule has 1 N–H and O–H groups in total. The summed E-state index contributed by atoms with van der Waals surface area (Å²) in [5.74, 6) is 0. The highest BCUT2D eigenvalue weighted by Crippen LogP contribution is 2.24. The van der Waals surface area contributed by atoms with Crippen LogP contribution in [0.2, 0.25) is 0 Å². The van der Waals surface area contributed by atoms with E-state index in [-0.39, 0.29) is 0 Å². The monoisotopic (exact) mass is 295 g/mol. The summed E-state index contributed by atoms with van der Waals surface area (Å²) < 4.78 is 0. The first-order chi connectivity index (χ1) is 10.3. The molecule has 0 amide bonds. The summed E-state index contributed by atoms with van der Waals surface area (Å²) in [4.78, 5) is 2.89. The number of hydrogen-bond acceptors (Lipinski definition) is 2. The first-order valence-corrected chi connectivity index (χ1v) is 8.38. The van der Waals surface area contributed by atoms with Gasteiger partial charge >= 0.3 is 0 Å². The van der Waals surface area contributed by atoms with Gasteiger partial charge in [-0.1, -0.05) is 49.4 Å². The van der Waals surface area contributed by atoms with Crippen LogP contribution < -0.4 is 5.32 Å². The zero-order valence-electron chi connectivity index (χ0n) is 12.6. The molecule has 1 heterocycles. The highest BCUT2D eigenvalue weighted by atomic mass is 32.1.